The number of rotatable bonds is 4. The minimum atomic E-state index is 0.731. The summed E-state index contributed by atoms with van der Waals surface area (Å²) in [4.78, 5) is 9.32. The number of hydrogen-bond acceptors (Lipinski definition) is 4. The molecule has 0 aliphatic rings. The Morgan fingerprint density at radius 3 is 3.13 bits per heavy atom. The normalized spacial score (nSPS) is 10.8. The van der Waals surface area contributed by atoms with Crippen molar-refractivity contribution in [3.05, 3.63) is 16.7 Å². The summed E-state index contributed by atoms with van der Waals surface area (Å²) in [5.41, 5.74) is 0. The summed E-state index contributed by atoms with van der Waals surface area (Å²) in [5, 5.41) is 6.86. The standard InChI is InChI=1S/C10H12ClN3S/c1-2-3-4-12-9-8-7(11)5-15-10(8)14-6-13-9/h5-6H,2-4H2,1H3,(H,12,13,14). The first kappa shape index (κ1) is 10.6. The number of unbranched alkanes of at least 4 members (excludes halogenated alkanes) is 1. The van der Waals surface area contributed by atoms with Gasteiger partial charge in [-0.15, -0.1) is 11.3 Å². The Hall–Kier alpha value is -0.870. The molecule has 80 valence electrons. The fraction of sp³-hybridized carbons (Fsp3) is 0.400. The third kappa shape index (κ3) is 2.21. The van der Waals surface area contributed by atoms with E-state index < -0.39 is 0 Å². The largest absolute Gasteiger partial charge is 0.369 e. The number of thiophene rings is 1. The van der Waals surface area contributed by atoms with Gasteiger partial charge in [-0.25, -0.2) is 9.97 Å². The summed E-state index contributed by atoms with van der Waals surface area (Å²) in [5.74, 6) is 0.847. The van der Waals surface area contributed by atoms with Crippen molar-refractivity contribution in [1.82, 2.24) is 9.97 Å². The summed E-state index contributed by atoms with van der Waals surface area (Å²) in [7, 11) is 0. The Bertz CT molecular complexity index is 455. The minimum Gasteiger partial charge on any atom is -0.369 e. The van der Waals surface area contributed by atoms with Gasteiger partial charge in [0.15, 0.2) is 0 Å². The number of fused-ring (bicyclic) bond motifs is 1. The quantitative estimate of drug-likeness (QED) is 0.832. The molecule has 0 bridgehead atoms. The predicted octanol–water partition coefficient (Wildman–Crippen LogP) is 3.56. The molecule has 0 aliphatic carbocycles. The van der Waals surface area contributed by atoms with E-state index in [1.165, 1.54) is 6.42 Å². The number of hydrogen-bond donors (Lipinski definition) is 1. The molecule has 2 aromatic heterocycles. The van der Waals surface area contributed by atoms with Crippen molar-refractivity contribution in [3.63, 3.8) is 0 Å². The molecule has 0 aliphatic heterocycles. The lowest BCUT2D eigenvalue weighted by Gasteiger charge is -2.05. The van der Waals surface area contributed by atoms with Gasteiger partial charge in [0, 0.05) is 11.9 Å². The van der Waals surface area contributed by atoms with Gasteiger partial charge in [0.25, 0.3) is 0 Å². The lowest BCUT2D eigenvalue weighted by molar-refractivity contribution is 0.831. The van der Waals surface area contributed by atoms with Crippen molar-refractivity contribution in [1.29, 1.82) is 0 Å². The van der Waals surface area contributed by atoms with Crippen molar-refractivity contribution in [2.24, 2.45) is 0 Å². The van der Waals surface area contributed by atoms with Gasteiger partial charge < -0.3 is 5.32 Å². The summed E-state index contributed by atoms with van der Waals surface area (Å²) >= 11 is 7.63. The minimum absolute atomic E-state index is 0.731. The van der Waals surface area contributed by atoms with E-state index in [2.05, 4.69) is 22.2 Å². The molecule has 0 spiro atoms. The molecule has 0 radical (unpaired) electrons. The maximum atomic E-state index is 6.08. The van der Waals surface area contributed by atoms with Crippen molar-refractivity contribution < 1.29 is 0 Å². The molecule has 3 nitrogen and oxygen atoms in total. The average molecular weight is 242 g/mol. The second-order valence-electron chi connectivity index (χ2n) is 3.27. The van der Waals surface area contributed by atoms with Crippen molar-refractivity contribution in [2.75, 3.05) is 11.9 Å². The summed E-state index contributed by atoms with van der Waals surface area (Å²) < 4.78 is 0. The topological polar surface area (TPSA) is 37.8 Å². The predicted molar refractivity (Wildman–Crippen MR) is 65.8 cm³/mol. The second-order valence-corrected chi connectivity index (χ2v) is 4.53. The number of anilines is 1. The fourth-order valence-electron chi connectivity index (χ4n) is 1.36. The van der Waals surface area contributed by atoms with Crippen molar-refractivity contribution >= 4 is 39.0 Å². The second kappa shape index (κ2) is 4.77. The molecule has 2 aromatic rings. The SMILES string of the molecule is CCCCNc1ncnc2scc(Cl)c12. The molecule has 1 N–H and O–H groups in total. The van der Waals surface area contributed by atoms with E-state index in [0.29, 0.717) is 0 Å². The molecule has 0 unspecified atom stereocenters. The molecule has 5 heteroatoms. The first-order chi connectivity index (χ1) is 7.33. The highest BCUT2D eigenvalue weighted by atomic mass is 35.5. The first-order valence-electron chi connectivity index (χ1n) is 4.94. The zero-order chi connectivity index (χ0) is 10.7. The summed E-state index contributed by atoms with van der Waals surface area (Å²) in [6.45, 7) is 3.09. The Balaban J connectivity index is 2.29. The van der Waals surface area contributed by atoms with Gasteiger partial charge >= 0.3 is 0 Å². The third-order valence-electron chi connectivity index (χ3n) is 2.15. The Kier molecular flexibility index (Phi) is 3.38. The molecule has 0 fully saturated rings. The molecular formula is C10H12ClN3S. The van der Waals surface area contributed by atoms with Gasteiger partial charge in [-0.2, -0.15) is 0 Å². The first-order valence-corrected chi connectivity index (χ1v) is 6.20. The molecule has 0 saturated heterocycles. The lowest BCUT2D eigenvalue weighted by Crippen LogP contribution is -2.03. The number of nitrogens with one attached hydrogen (secondary N) is 1. The van der Waals surface area contributed by atoms with Crippen LogP contribution >= 0.6 is 22.9 Å². The number of nitrogens with zero attached hydrogens (tertiary/aromatic N) is 2. The maximum Gasteiger partial charge on any atom is 0.139 e. The van der Waals surface area contributed by atoms with Crippen LogP contribution in [-0.2, 0) is 0 Å². The van der Waals surface area contributed by atoms with E-state index in [1.54, 1.807) is 17.7 Å². The molecule has 0 amide bonds. The van der Waals surface area contributed by atoms with E-state index in [9.17, 15) is 0 Å². The van der Waals surface area contributed by atoms with Crippen LogP contribution in [0.2, 0.25) is 5.02 Å². The van der Waals surface area contributed by atoms with E-state index in [0.717, 1.165) is 34.0 Å². The fourth-order valence-corrected chi connectivity index (χ4v) is 2.49. The molecule has 15 heavy (non-hydrogen) atoms. The van der Waals surface area contributed by atoms with E-state index in [-0.39, 0.29) is 0 Å². The Morgan fingerprint density at radius 1 is 1.47 bits per heavy atom. The Morgan fingerprint density at radius 2 is 2.33 bits per heavy atom. The molecule has 0 saturated carbocycles. The number of halogens is 1. The van der Waals surface area contributed by atoms with Crippen LogP contribution < -0.4 is 5.32 Å². The van der Waals surface area contributed by atoms with Gasteiger partial charge in [0.2, 0.25) is 0 Å². The van der Waals surface area contributed by atoms with Gasteiger partial charge in [0.05, 0.1) is 10.4 Å². The highest BCUT2D eigenvalue weighted by Crippen LogP contribution is 2.32. The van der Waals surface area contributed by atoms with Crippen LogP contribution in [0, 0.1) is 0 Å². The molecule has 0 aromatic carbocycles. The van der Waals surface area contributed by atoms with Gasteiger partial charge in [-0.05, 0) is 6.42 Å². The summed E-state index contributed by atoms with van der Waals surface area (Å²) in [6.07, 6.45) is 3.87. The third-order valence-corrected chi connectivity index (χ3v) is 3.46. The van der Waals surface area contributed by atoms with Gasteiger partial charge in [-0.1, -0.05) is 24.9 Å². The molecule has 2 rings (SSSR count). The summed E-state index contributed by atoms with van der Waals surface area (Å²) in [6, 6.07) is 0. The van der Waals surface area contributed by atoms with Crippen molar-refractivity contribution in [3.8, 4) is 0 Å². The highest BCUT2D eigenvalue weighted by molar-refractivity contribution is 7.17. The molecule has 0 atom stereocenters. The van der Waals surface area contributed by atoms with Crippen LogP contribution in [0.1, 0.15) is 19.8 Å². The number of aromatic nitrogens is 2. The smallest absolute Gasteiger partial charge is 0.139 e. The van der Waals surface area contributed by atoms with Crippen LogP contribution in [0.3, 0.4) is 0 Å². The van der Waals surface area contributed by atoms with Crippen LogP contribution in [0.5, 0.6) is 0 Å². The molecule has 2 heterocycles. The molecular weight excluding hydrogens is 230 g/mol. The van der Waals surface area contributed by atoms with E-state index in [1.807, 2.05) is 5.38 Å². The van der Waals surface area contributed by atoms with Crippen molar-refractivity contribution in [2.45, 2.75) is 19.8 Å². The van der Waals surface area contributed by atoms with Gasteiger partial charge in [0.1, 0.15) is 17.0 Å². The average Bonchev–Trinajstić information content (AvgIpc) is 2.62. The maximum absolute atomic E-state index is 6.08. The highest BCUT2D eigenvalue weighted by Gasteiger charge is 2.08. The van der Waals surface area contributed by atoms with Gasteiger partial charge in [-0.3, -0.25) is 0 Å². The van der Waals surface area contributed by atoms with Crippen LogP contribution in [-0.4, -0.2) is 16.5 Å². The monoisotopic (exact) mass is 241 g/mol. The lowest BCUT2D eigenvalue weighted by atomic mass is 10.3. The van der Waals surface area contributed by atoms with Crippen LogP contribution in [0.15, 0.2) is 11.7 Å². The zero-order valence-electron chi connectivity index (χ0n) is 8.46. The van der Waals surface area contributed by atoms with E-state index in [4.69, 9.17) is 11.6 Å². The zero-order valence-corrected chi connectivity index (χ0v) is 10.0. The van der Waals surface area contributed by atoms with E-state index >= 15 is 0 Å². The Labute approximate surface area is 97.5 Å². The van der Waals surface area contributed by atoms with Crippen LogP contribution in [0.25, 0.3) is 10.2 Å². The van der Waals surface area contributed by atoms with Crippen LogP contribution in [0.4, 0.5) is 5.82 Å².